The van der Waals surface area contributed by atoms with Gasteiger partial charge in [0.1, 0.15) is 0 Å². The second kappa shape index (κ2) is 7.92. The summed E-state index contributed by atoms with van der Waals surface area (Å²) in [6.07, 6.45) is 1.09. The van der Waals surface area contributed by atoms with Crippen molar-refractivity contribution in [1.82, 2.24) is 10.2 Å². The van der Waals surface area contributed by atoms with Gasteiger partial charge in [0, 0.05) is 12.6 Å². The largest absolute Gasteiger partial charge is 0.478 e. The zero-order valence-electron chi connectivity index (χ0n) is 12.0. The van der Waals surface area contributed by atoms with Crippen LogP contribution in [0.15, 0.2) is 24.3 Å². The summed E-state index contributed by atoms with van der Waals surface area (Å²) in [4.78, 5) is 13.2. The van der Waals surface area contributed by atoms with Gasteiger partial charge in [-0.3, -0.25) is 0 Å². The number of aromatic carboxylic acids is 1. The second-order valence-electron chi connectivity index (χ2n) is 5.11. The Balaban J connectivity index is 2.26. The lowest BCUT2D eigenvalue weighted by molar-refractivity contribution is 0.0696. The molecule has 1 aromatic carbocycles. The Labute approximate surface area is 115 Å². The smallest absolute Gasteiger partial charge is 0.335 e. The molecule has 0 saturated carbocycles. The molecule has 4 heteroatoms. The number of nitrogens with zero attached hydrogens (tertiary/aromatic N) is 1. The van der Waals surface area contributed by atoms with Crippen molar-refractivity contribution >= 4 is 5.97 Å². The molecule has 2 N–H and O–H groups in total. The zero-order valence-corrected chi connectivity index (χ0v) is 12.0. The van der Waals surface area contributed by atoms with Gasteiger partial charge < -0.3 is 15.3 Å². The van der Waals surface area contributed by atoms with Gasteiger partial charge in [0.25, 0.3) is 0 Å². The van der Waals surface area contributed by atoms with Gasteiger partial charge in [-0.05, 0) is 58.1 Å². The number of hydrogen-bond donors (Lipinski definition) is 2. The van der Waals surface area contributed by atoms with E-state index in [1.54, 1.807) is 18.2 Å². The Bertz CT molecular complexity index is 405. The maximum Gasteiger partial charge on any atom is 0.335 e. The molecule has 0 atom stereocenters. The maximum absolute atomic E-state index is 10.8. The molecule has 19 heavy (non-hydrogen) atoms. The van der Waals surface area contributed by atoms with Crippen molar-refractivity contribution in [2.45, 2.75) is 32.9 Å². The van der Waals surface area contributed by atoms with Crippen LogP contribution in [0.3, 0.4) is 0 Å². The first-order valence-corrected chi connectivity index (χ1v) is 6.74. The molecule has 0 spiro atoms. The van der Waals surface area contributed by atoms with Crippen molar-refractivity contribution < 1.29 is 9.90 Å². The molecule has 0 aliphatic rings. The van der Waals surface area contributed by atoms with Crippen LogP contribution in [0.1, 0.15) is 36.2 Å². The summed E-state index contributed by atoms with van der Waals surface area (Å²) in [5.41, 5.74) is 1.36. The third kappa shape index (κ3) is 5.85. The molecule has 4 nitrogen and oxygen atoms in total. The molecular formula is C15H24N2O2. The van der Waals surface area contributed by atoms with Crippen molar-refractivity contribution in [3.05, 3.63) is 35.4 Å². The van der Waals surface area contributed by atoms with Crippen LogP contribution in [-0.4, -0.2) is 42.2 Å². The Kier molecular flexibility index (Phi) is 6.53. The van der Waals surface area contributed by atoms with E-state index in [-0.39, 0.29) is 0 Å². The second-order valence-corrected chi connectivity index (χ2v) is 5.11. The minimum atomic E-state index is -0.875. The summed E-state index contributed by atoms with van der Waals surface area (Å²) in [6.45, 7) is 7.09. The minimum absolute atomic E-state index is 0.346. The normalized spacial score (nSPS) is 11.2. The average Bonchev–Trinajstić information content (AvgIpc) is 2.38. The number of carbonyl (C=O) groups is 1. The van der Waals surface area contributed by atoms with Crippen molar-refractivity contribution in [3.63, 3.8) is 0 Å². The monoisotopic (exact) mass is 264 g/mol. The molecule has 1 aromatic rings. The molecule has 0 radical (unpaired) electrons. The minimum Gasteiger partial charge on any atom is -0.478 e. The highest BCUT2D eigenvalue weighted by atomic mass is 16.4. The number of carboxylic acid groups (broad SMARTS) is 1. The lowest BCUT2D eigenvalue weighted by Gasteiger charge is -2.20. The molecule has 0 saturated heterocycles. The predicted octanol–water partition coefficient (Wildman–Crippen LogP) is 2.20. The summed E-state index contributed by atoms with van der Waals surface area (Å²) < 4.78 is 0. The number of carboxylic acids is 1. The molecule has 0 aliphatic heterocycles. The fourth-order valence-corrected chi connectivity index (χ4v) is 1.76. The zero-order chi connectivity index (χ0) is 14.3. The third-order valence-electron chi connectivity index (χ3n) is 3.25. The summed E-state index contributed by atoms with van der Waals surface area (Å²) >= 11 is 0. The fourth-order valence-electron chi connectivity index (χ4n) is 1.76. The van der Waals surface area contributed by atoms with E-state index < -0.39 is 5.97 Å². The first kappa shape index (κ1) is 15.7. The molecule has 106 valence electrons. The first-order chi connectivity index (χ1) is 9.00. The number of hydrogen-bond acceptors (Lipinski definition) is 3. The van der Waals surface area contributed by atoms with Gasteiger partial charge in [0.2, 0.25) is 0 Å². The SMILES string of the molecule is CC(C)N(C)CCCNCc1cccc(C(=O)O)c1. The molecule has 0 aliphatic carbocycles. The summed E-state index contributed by atoms with van der Waals surface area (Å²) in [5, 5.41) is 12.2. The molecule has 0 heterocycles. The van der Waals surface area contributed by atoms with Crippen LogP contribution in [0, 0.1) is 0 Å². The van der Waals surface area contributed by atoms with E-state index in [0.717, 1.165) is 25.1 Å². The quantitative estimate of drug-likeness (QED) is 0.707. The van der Waals surface area contributed by atoms with Crippen LogP contribution < -0.4 is 5.32 Å². The molecule has 0 amide bonds. The molecule has 1 rings (SSSR count). The van der Waals surface area contributed by atoms with Crippen LogP contribution in [0.4, 0.5) is 0 Å². The van der Waals surface area contributed by atoms with Gasteiger partial charge in [-0.25, -0.2) is 4.79 Å². The highest BCUT2D eigenvalue weighted by molar-refractivity contribution is 5.87. The third-order valence-corrected chi connectivity index (χ3v) is 3.25. The molecule has 0 fully saturated rings. The molecule has 0 bridgehead atoms. The summed E-state index contributed by atoms with van der Waals surface area (Å²) in [7, 11) is 2.13. The highest BCUT2D eigenvalue weighted by Crippen LogP contribution is 2.05. The number of rotatable bonds is 8. The van der Waals surface area contributed by atoms with Crippen LogP contribution in [0.25, 0.3) is 0 Å². The summed E-state index contributed by atoms with van der Waals surface area (Å²) in [5.74, 6) is -0.875. The average molecular weight is 264 g/mol. The number of benzene rings is 1. The topological polar surface area (TPSA) is 52.6 Å². The van der Waals surface area contributed by atoms with Gasteiger partial charge in [0.15, 0.2) is 0 Å². The van der Waals surface area contributed by atoms with Gasteiger partial charge in [0.05, 0.1) is 5.56 Å². The highest BCUT2D eigenvalue weighted by Gasteiger charge is 2.03. The van der Waals surface area contributed by atoms with Crippen molar-refractivity contribution in [2.75, 3.05) is 20.1 Å². The number of nitrogens with one attached hydrogen (secondary N) is 1. The van der Waals surface area contributed by atoms with E-state index in [1.165, 1.54) is 0 Å². The molecule has 0 aromatic heterocycles. The Hall–Kier alpha value is -1.39. The Morgan fingerprint density at radius 3 is 2.79 bits per heavy atom. The first-order valence-electron chi connectivity index (χ1n) is 6.74. The van der Waals surface area contributed by atoms with E-state index in [2.05, 4.69) is 31.1 Å². The van der Waals surface area contributed by atoms with Crippen molar-refractivity contribution in [1.29, 1.82) is 0 Å². The van der Waals surface area contributed by atoms with Crippen molar-refractivity contribution in [2.24, 2.45) is 0 Å². The van der Waals surface area contributed by atoms with Crippen LogP contribution in [-0.2, 0) is 6.54 Å². The molecular weight excluding hydrogens is 240 g/mol. The van der Waals surface area contributed by atoms with Gasteiger partial charge in [-0.1, -0.05) is 12.1 Å². The van der Waals surface area contributed by atoms with E-state index in [4.69, 9.17) is 5.11 Å². The van der Waals surface area contributed by atoms with Gasteiger partial charge in [-0.2, -0.15) is 0 Å². The van der Waals surface area contributed by atoms with Crippen LogP contribution >= 0.6 is 0 Å². The lowest BCUT2D eigenvalue weighted by atomic mass is 10.1. The van der Waals surface area contributed by atoms with E-state index in [0.29, 0.717) is 18.2 Å². The van der Waals surface area contributed by atoms with Gasteiger partial charge in [-0.15, -0.1) is 0 Å². The van der Waals surface area contributed by atoms with Crippen molar-refractivity contribution in [3.8, 4) is 0 Å². The lowest BCUT2D eigenvalue weighted by Crippen LogP contribution is -2.29. The maximum atomic E-state index is 10.8. The van der Waals surface area contributed by atoms with Crippen LogP contribution in [0.2, 0.25) is 0 Å². The predicted molar refractivity (Wildman–Crippen MR) is 77.5 cm³/mol. The Morgan fingerprint density at radius 2 is 2.16 bits per heavy atom. The van der Waals surface area contributed by atoms with Gasteiger partial charge >= 0.3 is 5.97 Å². The Morgan fingerprint density at radius 1 is 1.42 bits per heavy atom. The van der Waals surface area contributed by atoms with Crippen LogP contribution in [0.5, 0.6) is 0 Å². The standard InChI is InChI=1S/C15H24N2O2/c1-12(2)17(3)9-5-8-16-11-13-6-4-7-14(10-13)15(18)19/h4,6-7,10,12,16H,5,8-9,11H2,1-3H3,(H,18,19). The fraction of sp³-hybridized carbons (Fsp3) is 0.533. The van der Waals surface area contributed by atoms with E-state index in [9.17, 15) is 4.79 Å². The van der Waals surface area contributed by atoms with E-state index >= 15 is 0 Å². The summed E-state index contributed by atoms with van der Waals surface area (Å²) in [6, 6.07) is 7.64. The molecule has 0 unspecified atom stereocenters. The van der Waals surface area contributed by atoms with E-state index in [1.807, 2.05) is 6.07 Å².